The van der Waals surface area contributed by atoms with Gasteiger partial charge in [-0.05, 0) is 76.4 Å². The average molecular weight is 641 g/mol. The Bertz CT molecular complexity index is 812. The van der Waals surface area contributed by atoms with Gasteiger partial charge in [0, 0.05) is 17.9 Å². The van der Waals surface area contributed by atoms with Gasteiger partial charge in [-0.2, -0.15) is 0 Å². The van der Waals surface area contributed by atoms with Crippen LogP contribution in [0, 0.1) is 0 Å². The highest BCUT2D eigenvalue weighted by molar-refractivity contribution is 14.1. The Hall–Kier alpha value is 0.0269. The van der Waals surface area contributed by atoms with Gasteiger partial charge >= 0.3 is 0 Å². The lowest BCUT2D eigenvalue weighted by Gasteiger charge is -2.50. The fraction of sp³-hybridized carbons (Fsp3) is 0.808. The van der Waals surface area contributed by atoms with Crippen LogP contribution in [0.5, 0.6) is 0 Å². The third kappa shape index (κ3) is 7.12. The van der Waals surface area contributed by atoms with E-state index in [9.17, 15) is 9.90 Å². The Morgan fingerprint density at radius 2 is 1.97 bits per heavy atom. The Kier molecular flexibility index (Phi) is 9.99. The van der Waals surface area contributed by atoms with Crippen LogP contribution in [0.4, 0.5) is 0 Å². The first-order valence-corrected chi connectivity index (χ1v) is 17.2. The fourth-order valence-corrected chi connectivity index (χ4v) is 7.09. The molecule has 3 aliphatic rings. The molecule has 0 saturated carbocycles. The average Bonchev–Trinajstić information content (AvgIpc) is 3.06. The zero-order chi connectivity index (χ0) is 26.1. The molecule has 3 heterocycles. The molecule has 3 saturated heterocycles. The molecule has 9 heteroatoms. The summed E-state index contributed by atoms with van der Waals surface area (Å²) in [5, 5.41) is 11.0. The standard InChI is InChI=1S/C26H42ClIO6Si/c1-8-18-11-12-19-22(31-18)25(34-35(6,7)26(3,4)5)24-23(32-19)21(30)20(33-24)14-17(29)10-9-16(27)13-15(2)28/h14,16,18-19,21-25,30H,2,8-13H2,1,3-7H3/b20-14+/t16-,18?,19?,21?,22+,23+,24?,25?/m1/s1. The zero-order valence-corrected chi connectivity index (χ0v) is 25.8. The topological polar surface area (TPSA) is 74.2 Å². The van der Waals surface area contributed by atoms with Gasteiger partial charge in [-0.1, -0.05) is 34.3 Å². The van der Waals surface area contributed by atoms with Crippen LogP contribution in [0.2, 0.25) is 18.1 Å². The SMILES string of the molecule is C=C(I)C[C@H](Cl)CCC(=O)/C=C1/OC2C(O[Si](C)(C)C(C)(C)C)[C@H]3OC(CC)CCC3O[C@H]2C1O. The van der Waals surface area contributed by atoms with E-state index in [2.05, 4.69) is 70.0 Å². The van der Waals surface area contributed by atoms with Gasteiger partial charge in [-0.25, -0.2) is 0 Å². The van der Waals surface area contributed by atoms with E-state index in [0.29, 0.717) is 12.8 Å². The van der Waals surface area contributed by atoms with Gasteiger partial charge in [0.05, 0.1) is 12.2 Å². The van der Waals surface area contributed by atoms with Crippen molar-refractivity contribution in [2.45, 2.75) is 132 Å². The number of halogens is 2. The van der Waals surface area contributed by atoms with Crippen LogP contribution in [0.15, 0.2) is 22.0 Å². The number of rotatable bonds is 9. The van der Waals surface area contributed by atoms with Crippen LogP contribution >= 0.6 is 34.2 Å². The molecule has 0 spiro atoms. The Morgan fingerprint density at radius 1 is 1.29 bits per heavy atom. The molecule has 35 heavy (non-hydrogen) atoms. The van der Waals surface area contributed by atoms with Crippen molar-refractivity contribution in [3.05, 3.63) is 22.0 Å². The molecule has 0 bridgehead atoms. The molecule has 0 amide bonds. The number of hydrogen-bond donors (Lipinski definition) is 1. The maximum Gasteiger partial charge on any atom is 0.192 e. The van der Waals surface area contributed by atoms with Crippen molar-refractivity contribution in [1.82, 2.24) is 0 Å². The van der Waals surface area contributed by atoms with Gasteiger partial charge in [0.2, 0.25) is 0 Å². The molecule has 6 nitrogen and oxygen atoms in total. The molecule has 3 aliphatic heterocycles. The predicted octanol–water partition coefficient (Wildman–Crippen LogP) is 6.04. The predicted molar refractivity (Wildman–Crippen MR) is 150 cm³/mol. The van der Waals surface area contributed by atoms with E-state index in [4.69, 9.17) is 30.2 Å². The summed E-state index contributed by atoms with van der Waals surface area (Å²) in [6.45, 7) is 17.0. The lowest BCUT2D eigenvalue weighted by atomic mass is 9.88. The summed E-state index contributed by atoms with van der Waals surface area (Å²) < 4.78 is 26.9. The summed E-state index contributed by atoms with van der Waals surface area (Å²) in [6, 6.07) is 0. The summed E-state index contributed by atoms with van der Waals surface area (Å²) in [4.78, 5) is 12.7. The number of fused-ring (bicyclic) bond motifs is 2. The normalized spacial score (nSPS) is 35.2. The zero-order valence-electron chi connectivity index (χ0n) is 21.9. The minimum atomic E-state index is -2.18. The van der Waals surface area contributed by atoms with Crippen molar-refractivity contribution in [2.24, 2.45) is 0 Å². The van der Waals surface area contributed by atoms with Crippen LogP contribution in [0.3, 0.4) is 0 Å². The number of ketones is 1. The van der Waals surface area contributed by atoms with E-state index >= 15 is 0 Å². The minimum Gasteiger partial charge on any atom is -0.486 e. The van der Waals surface area contributed by atoms with Crippen molar-refractivity contribution in [1.29, 1.82) is 0 Å². The van der Waals surface area contributed by atoms with Gasteiger partial charge in [0.1, 0.15) is 30.2 Å². The van der Waals surface area contributed by atoms with Crippen LogP contribution in [0.25, 0.3) is 0 Å². The molecule has 0 aliphatic carbocycles. The van der Waals surface area contributed by atoms with Crippen LogP contribution in [-0.4, -0.2) is 67.3 Å². The Morgan fingerprint density at radius 3 is 2.57 bits per heavy atom. The maximum atomic E-state index is 12.7. The smallest absolute Gasteiger partial charge is 0.192 e. The number of aliphatic hydroxyl groups is 1. The number of hydrogen-bond acceptors (Lipinski definition) is 6. The minimum absolute atomic E-state index is 0.00232. The first-order chi connectivity index (χ1) is 16.2. The molecule has 200 valence electrons. The molecule has 1 N–H and O–H groups in total. The van der Waals surface area contributed by atoms with E-state index in [-0.39, 0.29) is 52.8 Å². The van der Waals surface area contributed by atoms with Crippen molar-refractivity contribution in [2.75, 3.05) is 0 Å². The highest BCUT2D eigenvalue weighted by Gasteiger charge is 2.58. The fourth-order valence-electron chi connectivity index (χ4n) is 4.70. The molecule has 3 rings (SSSR count). The van der Waals surface area contributed by atoms with Crippen LogP contribution < -0.4 is 0 Å². The summed E-state index contributed by atoms with van der Waals surface area (Å²) in [6.07, 6.45) is 2.84. The number of carbonyl (C=O) groups excluding carboxylic acids is 1. The lowest BCUT2D eigenvalue weighted by Crippen LogP contribution is -2.64. The Labute approximate surface area is 230 Å². The summed E-state index contributed by atoms with van der Waals surface area (Å²) in [5.74, 6) is 0.132. The number of aliphatic hydroxyl groups excluding tert-OH is 1. The number of allylic oxidation sites excluding steroid dienone is 2. The van der Waals surface area contributed by atoms with Crippen molar-refractivity contribution in [3.63, 3.8) is 0 Å². The number of alkyl halides is 1. The second-order valence-corrected chi connectivity index (χ2v) is 18.5. The van der Waals surface area contributed by atoms with E-state index in [1.807, 2.05) is 0 Å². The maximum absolute atomic E-state index is 12.7. The molecule has 5 unspecified atom stereocenters. The summed E-state index contributed by atoms with van der Waals surface area (Å²) in [7, 11) is -2.18. The quantitative estimate of drug-likeness (QED) is 0.143. The summed E-state index contributed by atoms with van der Waals surface area (Å²) in [5.41, 5.74) is 0. The van der Waals surface area contributed by atoms with E-state index < -0.39 is 26.6 Å². The van der Waals surface area contributed by atoms with Crippen molar-refractivity contribution >= 4 is 48.3 Å². The molecule has 0 aromatic rings. The van der Waals surface area contributed by atoms with Gasteiger partial charge in [-0.15, -0.1) is 11.6 Å². The van der Waals surface area contributed by atoms with E-state index in [1.54, 1.807) is 0 Å². The summed E-state index contributed by atoms with van der Waals surface area (Å²) >= 11 is 8.46. The monoisotopic (exact) mass is 640 g/mol. The third-order valence-electron chi connectivity index (χ3n) is 7.81. The van der Waals surface area contributed by atoms with Gasteiger partial charge in [0.25, 0.3) is 0 Å². The van der Waals surface area contributed by atoms with Gasteiger partial charge in [0.15, 0.2) is 20.2 Å². The second kappa shape index (κ2) is 11.8. The van der Waals surface area contributed by atoms with E-state index in [1.165, 1.54) is 6.08 Å². The molecule has 0 radical (unpaired) electrons. The Balaban J connectivity index is 1.80. The van der Waals surface area contributed by atoms with Crippen molar-refractivity contribution < 1.29 is 28.5 Å². The molecule has 0 aromatic carbocycles. The van der Waals surface area contributed by atoms with Gasteiger partial charge < -0.3 is 23.7 Å². The highest BCUT2D eigenvalue weighted by Crippen LogP contribution is 2.45. The number of carbonyl (C=O) groups is 1. The second-order valence-electron chi connectivity index (χ2n) is 11.6. The van der Waals surface area contributed by atoms with Crippen LogP contribution in [0.1, 0.15) is 66.2 Å². The number of ether oxygens (including phenoxy) is 3. The lowest BCUT2D eigenvalue weighted by molar-refractivity contribution is -0.254. The highest BCUT2D eigenvalue weighted by atomic mass is 127. The molecule has 3 fully saturated rings. The first kappa shape index (κ1) is 29.6. The molecular weight excluding hydrogens is 599 g/mol. The molecular formula is C26H42ClIO6Si. The third-order valence-corrected chi connectivity index (χ3v) is 13.1. The molecule has 0 aromatic heterocycles. The largest absolute Gasteiger partial charge is 0.486 e. The first-order valence-electron chi connectivity index (χ1n) is 12.8. The van der Waals surface area contributed by atoms with Crippen LogP contribution in [-0.2, 0) is 23.4 Å². The van der Waals surface area contributed by atoms with E-state index in [0.717, 1.165) is 22.8 Å². The van der Waals surface area contributed by atoms with Gasteiger partial charge in [-0.3, -0.25) is 4.79 Å². The van der Waals surface area contributed by atoms with Crippen molar-refractivity contribution in [3.8, 4) is 0 Å². The molecule has 8 atom stereocenters.